The zero-order valence-electron chi connectivity index (χ0n) is 7.55. The zero-order valence-corrected chi connectivity index (χ0v) is 8.70. The molecule has 0 aromatic heterocycles. The molecule has 0 amide bonds. The van der Waals surface area contributed by atoms with E-state index in [1.807, 2.05) is 13.8 Å². The summed E-state index contributed by atoms with van der Waals surface area (Å²) in [5.41, 5.74) is 0. The maximum Gasteiger partial charge on any atom is 0.341 e. The van der Waals surface area contributed by atoms with Crippen molar-refractivity contribution in [2.24, 2.45) is 0 Å². The predicted octanol–water partition coefficient (Wildman–Crippen LogP) is 1.19. The monoisotopic (exact) mass is 173 g/mol. The molecule has 0 aromatic carbocycles. The Balaban J connectivity index is 4.35. The lowest BCUT2D eigenvalue weighted by molar-refractivity contribution is 0.254. The molecular weight excluding hydrogens is 158 g/mol. The lowest BCUT2D eigenvalue weighted by Gasteiger charge is -2.25. The molecule has 1 atom stereocenters. The Bertz CT molecular complexity index is 153. The Hall–Kier alpha value is -0.373. The summed E-state index contributed by atoms with van der Waals surface area (Å²) in [6.45, 7) is 3.86. The molecule has 0 bridgehead atoms. The zero-order chi connectivity index (χ0) is 8.91. The second-order valence-electron chi connectivity index (χ2n) is 2.69. The van der Waals surface area contributed by atoms with E-state index in [1.165, 1.54) is 0 Å². The minimum atomic E-state index is -1.78. The van der Waals surface area contributed by atoms with Gasteiger partial charge in [-0.05, 0) is 13.3 Å². The summed E-state index contributed by atoms with van der Waals surface area (Å²) in [5, 5.41) is 8.44. The first-order chi connectivity index (χ1) is 5.14. The molecule has 0 radical (unpaired) electrons. The van der Waals surface area contributed by atoms with Gasteiger partial charge in [-0.25, -0.2) is 0 Å². The largest absolute Gasteiger partial charge is 0.399 e. The van der Waals surface area contributed by atoms with E-state index in [9.17, 15) is 0 Å². The fourth-order valence-electron chi connectivity index (χ4n) is 0.915. The van der Waals surface area contributed by atoms with Crippen molar-refractivity contribution in [3.63, 3.8) is 0 Å². The number of rotatable bonds is 4. The molecule has 0 aliphatic rings. The molecule has 11 heavy (non-hydrogen) atoms. The van der Waals surface area contributed by atoms with Crippen LogP contribution in [0.3, 0.4) is 0 Å². The van der Waals surface area contributed by atoms with Crippen molar-refractivity contribution in [3.8, 4) is 6.07 Å². The van der Waals surface area contributed by atoms with Crippen molar-refractivity contribution in [1.82, 2.24) is 0 Å². The fourth-order valence-corrected chi connectivity index (χ4v) is 2.59. The third-order valence-corrected chi connectivity index (χ3v) is 4.37. The Morgan fingerprint density at radius 1 is 1.45 bits per heavy atom. The van der Waals surface area contributed by atoms with Gasteiger partial charge in [-0.3, -0.25) is 0 Å². The smallest absolute Gasteiger partial charge is 0.341 e. The van der Waals surface area contributed by atoms with Gasteiger partial charge in [0.2, 0.25) is 0 Å². The topological polar surface area (TPSA) is 42.2 Å². The first-order valence-electron chi connectivity index (χ1n) is 3.61. The van der Waals surface area contributed by atoms with E-state index < -0.39 is 14.3 Å². The number of hydrogen-bond acceptors (Lipinski definition) is 3. The maximum atomic E-state index is 8.84. The molecule has 64 valence electrons. The minimum absolute atomic E-state index is 0.399. The van der Waals surface area contributed by atoms with Gasteiger partial charge in [-0.15, -0.1) is 0 Å². The summed E-state index contributed by atoms with van der Waals surface area (Å²) in [4.78, 5) is 0. The van der Waals surface area contributed by atoms with Gasteiger partial charge in [-0.1, -0.05) is 6.92 Å². The van der Waals surface area contributed by atoms with Crippen LogP contribution in [-0.2, 0) is 8.85 Å². The molecule has 0 aliphatic heterocycles. The third-order valence-electron chi connectivity index (χ3n) is 1.94. The van der Waals surface area contributed by atoms with Gasteiger partial charge in [0.15, 0.2) is 0 Å². The highest BCUT2D eigenvalue weighted by Crippen LogP contribution is 2.32. The fraction of sp³-hybridized carbons (Fsp3) is 0.857. The molecule has 0 spiro atoms. The van der Waals surface area contributed by atoms with Crippen molar-refractivity contribution in [2.75, 3.05) is 14.2 Å². The molecule has 4 heteroatoms. The number of nitriles is 1. The molecule has 0 aliphatic carbocycles. The van der Waals surface area contributed by atoms with Gasteiger partial charge in [0.25, 0.3) is 0 Å². The molecule has 0 heterocycles. The van der Waals surface area contributed by atoms with Crippen LogP contribution in [0.2, 0.25) is 5.04 Å². The van der Waals surface area contributed by atoms with Gasteiger partial charge < -0.3 is 8.85 Å². The molecule has 0 saturated carbocycles. The third kappa shape index (κ3) is 2.29. The van der Waals surface area contributed by atoms with Crippen molar-refractivity contribution in [3.05, 3.63) is 0 Å². The molecular formula is C7H15NO2Si. The van der Waals surface area contributed by atoms with Crippen LogP contribution in [0.15, 0.2) is 0 Å². The highest BCUT2D eigenvalue weighted by Gasteiger charge is 2.36. The molecule has 0 fully saturated rings. The average Bonchev–Trinajstić information content (AvgIpc) is 2.06. The number of nitrogens with zero attached hydrogens (tertiary/aromatic N) is 1. The molecule has 0 aromatic rings. The second-order valence-corrected chi connectivity index (χ2v) is 5.57. The van der Waals surface area contributed by atoms with Crippen LogP contribution in [0, 0.1) is 11.3 Å². The van der Waals surface area contributed by atoms with Gasteiger partial charge in [0.1, 0.15) is 0 Å². The summed E-state index contributed by atoms with van der Waals surface area (Å²) in [5.74, 6) is 0. The highest BCUT2D eigenvalue weighted by atomic mass is 28.3. The van der Waals surface area contributed by atoms with Crippen LogP contribution >= 0.6 is 0 Å². The van der Waals surface area contributed by atoms with E-state index in [-0.39, 0.29) is 0 Å². The SMILES string of the molecule is CCC(C)(C#N)[SiH](OC)OC. The van der Waals surface area contributed by atoms with Crippen molar-refractivity contribution < 1.29 is 8.85 Å². The van der Waals surface area contributed by atoms with Crippen molar-refractivity contribution in [1.29, 1.82) is 5.26 Å². The Morgan fingerprint density at radius 3 is 2.00 bits per heavy atom. The van der Waals surface area contributed by atoms with E-state index in [0.717, 1.165) is 6.42 Å². The second kappa shape index (κ2) is 4.49. The van der Waals surface area contributed by atoms with Gasteiger partial charge >= 0.3 is 9.28 Å². The standard InChI is InChI=1S/C7H15NO2Si/c1-5-7(2,6-8)11(9-3)10-4/h11H,5H2,1-4H3. The Labute approximate surface area is 69.8 Å². The predicted molar refractivity (Wildman–Crippen MR) is 45.4 cm³/mol. The van der Waals surface area contributed by atoms with Crippen molar-refractivity contribution in [2.45, 2.75) is 25.3 Å². The van der Waals surface area contributed by atoms with Crippen LogP contribution in [0.1, 0.15) is 20.3 Å². The molecule has 0 rings (SSSR count). The molecule has 0 saturated heterocycles. The van der Waals surface area contributed by atoms with Crippen LogP contribution in [0.4, 0.5) is 0 Å². The van der Waals surface area contributed by atoms with Gasteiger partial charge in [-0.2, -0.15) is 5.26 Å². The summed E-state index contributed by atoms with van der Waals surface area (Å²) in [6, 6.07) is 2.24. The van der Waals surface area contributed by atoms with Crippen molar-refractivity contribution >= 4 is 9.28 Å². The van der Waals surface area contributed by atoms with E-state index >= 15 is 0 Å². The van der Waals surface area contributed by atoms with E-state index in [1.54, 1.807) is 14.2 Å². The summed E-state index contributed by atoms with van der Waals surface area (Å²) in [6.07, 6.45) is 0.780. The van der Waals surface area contributed by atoms with Crippen LogP contribution in [0.5, 0.6) is 0 Å². The van der Waals surface area contributed by atoms with Crippen LogP contribution < -0.4 is 0 Å². The Morgan fingerprint density at radius 2 is 1.91 bits per heavy atom. The first-order valence-corrected chi connectivity index (χ1v) is 5.13. The Kier molecular flexibility index (Phi) is 4.34. The van der Waals surface area contributed by atoms with E-state index in [0.29, 0.717) is 0 Å². The maximum absolute atomic E-state index is 8.84. The van der Waals surface area contributed by atoms with E-state index in [4.69, 9.17) is 14.1 Å². The lowest BCUT2D eigenvalue weighted by atomic mass is 10.1. The number of hydrogen-bond donors (Lipinski definition) is 0. The van der Waals surface area contributed by atoms with Gasteiger partial charge in [0, 0.05) is 14.2 Å². The minimum Gasteiger partial charge on any atom is -0.399 e. The van der Waals surface area contributed by atoms with E-state index in [2.05, 4.69) is 6.07 Å². The normalized spacial score (nSPS) is 16.0. The summed E-state index contributed by atoms with van der Waals surface area (Å²) >= 11 is 0. The molecule has 3 nitrogen and oxygen atoms in total. The van der Waals surface area contributed by atoms with Gasteiger partial charge in [0.05, 0.1) is 11.1 Å². The summed E-state index contributed by atoms with van der Waals surface area (Å²) in [7, 11) is 1.42. The van der Waals surface area contributed by atoms with Crippen LogP contribution in [-0.4, -0.2) is 23.5 Å². The summed E-state index contributed by atoms with van der Waals surface area (Å²) < 4.78 is 10.3. The van der Waals surface area contributed by atoms with Crippen LogP contribution in [0.25, 0.3) is 0 Å². The first kappa shape index (κ1) is 10.6. The highest BCUT2D eigenvalue weighted by molar-refractivity contribution is 6.49. The average molecular weight is 173 g/mol. The quantitative estimate of drug-likeness (QED) is 0.600. The lowest BCUT2D eigenvalue weighted by Crippen LogP contribution is -2.33. The molecule has 0 N–H and O–H groups in total. The molecule has 1 unspecified atom stereocenters.